The maximum Gasteiger partial charge on any atom is 0.296 e. The zero-order chi connectivity index (χ0) is 24.7. The second kappa shape index (κ2) is 9.24. The van der Waals surface area contributed by atoms with Crippen LogP contribution in [0.1, 0.15) is 28.3 Å². The highest BCUT2D eigenvalue weighted by Gasteiger charge is 2.45. The molecule has 35 heavy (non-hydrogen) atoms. The van der Waals surface area contributed by atoms with Crippen molar-refractivity contribution in [1.82, 2.24) is 4.98 Å². The number of aryl methyl sites for hydroxylation is 2. The Morgan fingerprint density at radius 3 is 2.60 bits per heavy atom. The molecule has 5 rings (SSSR count). The number of benzene rings is 3. The molecule has 0 radical (unpaired) electrons. The number of hydrogen-bond acceptors (Lipinski definition) is 5. The molecule has 1 aromatic heterocycles. The number of ketones is 1. The Morgan fingerprint density at radius 2 is 1.86 bits per heavy atom. The minimum absolute atomic E-state index is 0.0347. The fraction of sp³-hybridized carbons (Fsp3) is 0.107. The van der Waals surface area contributed by atoms with Crippen LogP contribution in [0.3, 0.4) is 0 Å². The lowest BCUT2D eigenvalue weighted by Crippen LogP contribution is -2.30. The van der Waals surface area contributed by atoms with E-state index in [0.29, 0.717) is 10.7 Å². The summed E-state index contributed by atoms with van der Waals surface area (Å²) in [4.78, 5) is 32.9. The van der Waals surface area contributed by atoms with E-state index in [0.717, 1.165) is 31.4 Å². The van der Waals surface area contributed by atoms with Crippen molar-refractivity contribution in [2.24, 2.45) is 0 Å². The largest absolute Gasteiger partial charge is 0.503 e. The Morgan fingerprint density at radius 1 is 1.09 bits per heavy atom. The van der Waals surface area contributed by atoms with Crippen LogP contribution in [0.5, 0.6) is 0 Å². The predicted octanol–water partition coefficient (Wildman–Crippen LogP) is 6.86. The van der Waals surface area contributed by atoms with Gasteiger partial charge in [-0.25, -0.2) is 4.98 Å². The van der Waals surface area contributed by atoms with E-state index in [1.54, 1.807) is 6.08 Å². The summed E-state index contributed by atoms with van der Waals surface area (Å²) in [6.45, 7) is 4.00. The molecule has 0 fully saturated rings. The molecule has 1 amide bonds. The van der Waals surface area contributed by atoms with Gasteiger partial charge in [-0.2, -0.15) is 0 Å². The van der Waals surface area contributed by atoms with Crippen LogP contribution in [-0.2, 0) is 9.59 Å². The monoisotopic (exact) mass is 544 g/mol. The number of hydrogen-bond donors (Lipinski definition) is 1. The molecule has 1 aliphatic heterocycles. The van der Waals surface area contributed by atoms with E-state index < -0.39 is 23.5 Å². The summed E-state index contributed by atoms with van der Waals surface area (Å²) in [5.74, 6) is -1.62. The number of carbonyl (C=O) groups excluding carboxylic acids is 2. The highest BCUT2D eigenvalue weighted by atomic mass is 79.9. The van der Waals surface area contributed by atoms with Crippen LogP contribution in [0.15, 0.2) is 88.6 Å². The van der Waals surface area contributed by atoms with E-state index >= 15 is 0 Å². The summed E-state index contributed by atoms with van der Waals surface area (Å²) in [6, 6.07) is 20.1. The Labute approximate surface area is 215 Å². The van der Waals surface area contributed by atoms with Crippen molar-refractivity contribution >= 4 is 60.4 Å². The number of carbonyl (C=O) groups is 2. The highest BCUT2D eigenvalue weighted by molar-refractivity contribution is 9.10. The summed E-state index contributed by atoms with van der Waals surface area (Å²) < 4.78 is 1.75. The molecule has 1 atom stereocenters. The van der Waals surface area contributed by atoms with Gasteiger partial charge in [-0.1, -0.05) is 81.9 Å². The first-order chi connectivity index (χ1) is 16.8. The first-order valence-corrected chi connectivity index (χ1v) is 12.6. The van der Waals surface area contributed by atoms with E-state index in [4.69, 9.17) is 4.98 Å². The van der Waals surface area contributed by atoms with Gasteiger partial charge in [0.05, 0.1) is 21.8 Å². The molecule has 1 unspecified atom stereocenters. The maximum atomic E-state index is 13.4. The zero-order valence-electron chi connectivity index (χ0n) is 19.0. The van der Waals surface area contributed by atoms with E-state index in [-0.39, 0.29) is 5.57 Å². The molecular formula is C28H21BrN2O3S. The standard InChI is InChI=1S/C28H21BrN2O3S/c1-16-13-17(2)24-22(14-16)35-28(30-24)31-25(19-9-6-10-20(29)15-19)23(26(33)27(31)34)21(32)12-11-18-7-4-3-5-8-18/h3-15,25,33H,1-2H3. The van der Waals surface area contributed by atoms with Crippen LogP contribution >= 0.6 is 27.3 Å². The predicted molar refractivity (Wildman–Crippen MR) is 144 cm³/mol. The van der Waals surface area contributed by atoms with Gasteiger partial charge in [-0.15, -0.1) is 0 Å². The third-order valence-corrected chi connectivity index (χ3v) is 7.38. The number of aliphatic hydroxyl groups excluding tert-OH is 1. The average molecular weight is 545 g/mol. The quantitative estimate of drug-likeness (QED) is 0.278. The molecule has 0 bridgehead atoms. The van der Waals surface area contributed by atoms with Crippen molar-refractivity contribution in [2.75, 3.05) is 4.90 Å². The number of amides is 1. The van der Waals surface area contributed by atoms with Gasteiger partial charge in [0.1, 0.15) is 0 Å². The number of aliphatic hydroxyl groups is 1. The number of fused-ring (bicyclic) bond motifs is 1. The molecule has 0 aliphatic carbocycles. The van der Waals surface area contributed by atoms with Crippen molar-refractivity contribution in [2.45, 2.75) is 19.9 Å². The molecule has 3 aromatic carbocycles. The molecule has 5 nitrogen and oxygen atoms in total. The fourth-order valence-electron chi connectivity index (χ4n) is 4.33. The number of thiazole rings is 1. The van der Waals surface area contributed by atoms with Gasteiger partial charge in [-0.05, 0) is 60.4 Å². The van der Waals surface area contributed by atoms with E-state index in [9.17, 15) is 14.7 Å². The molecule has 0 spiro atoms. The topological polar surface area (TPSA) is 70.5 Å². The van der Waals surface area contributed by atoms with Crippen LogP contribution in [-0.4, -0.2) is 21.8 Å². The Bertz CT molecular complexity index is 1540. The van der Waals surface area contributed by atoms with E-state index in [1.807, 2.05) is 80.6 Å². The van der Waals surface area contributed by atoms with E-state index in [2.05, 4.69) is 15.9 Å². The number of rotatable bonds is 5. The molecule has 0 saturated heterocycles. The molecule has 2 heterocycles. The molecule has 4 aromatic rings. The van der Waals surface area contributed by atoms with Gasteiger partial charge < -0.3 is 5.11 Å². The zero-order valence-corrected chi connectivity index (χ0v) is 21.4. The fourth-order valence-corrected chi connectivity index (χ4v) is 5.92. The lowest BCUT2D eigenvalue weighted by atomic mass is 9.96. The van der Waals surface area contributed by atoms with Crippen LogP contribution in [0.4, 0.5) is 5.13 Å². The normalized spacial score (nSPS) is 16.1. The summed E-state index contributed by atoms with van der Waals surface area (Å²) in [6.07, 6.45) is 3.08. The van der Waals surface area contributed by atoms with Gasteiger partial charge in [-0.3, -0.25) is 14.5 Å². The van der Waals surface area contributed by atoms with E-state index in [1.165, 1.54) is 22.3 Å². The van der Waals surface area contributed by atoms with Gasteiger partial charge in [0.25, 0.3) is 5.91 Å². The van der Waals surface area contributed by atoms with Gasteiger partial charge in [0, 0.05) is 4.47 Å². The molecular weight excluding hydrogens is 524 g/mol. The van der Waals surface area contributed by atoms with Crippen LogP contribution in [0.2, 0.25) is 0 Å². The number of halogens is 1. The Kier molecular flexibility index (Phi) is 6.13. The third-order valence-electron chi connectivity index (χ3n) is 5.89. The molecule has 174 valence electrons. The minimum atomic E-state index is -0.810. The first-order valence-electron chi connectivity index (χ1n) is 11.0. The minimum Gasteiger partial charge on any atom is -0.503 e. The maximum absolute atomic E-state index is 13.4. The summed E-state index contributed by atoms with van der Waals surface area (Å²) in [5.41, 5.74) is 4.49. The van der Waals surface area contributed by atoms with Crippen LogP contribution in [0, 0.1) is 13.8 Å². The van der Waals surface area contributed by atoms with Gasteiger partial charge >= 0.3 is 0 Å². The highest BCUT2D eigenvalue weighted by Crippen LogP contribution is 2.44. The van der Waals surface area contributed by atoms with Crippen molar-refractivity contribution in [3.8, 4) is 0 Å². The second-order valence-corrected chi connectivity index (χ2v) is 10.4. The number of allylic oxidation sites excluding steroid dienone is 1. The van der Waals surface area contributed by atoms with Gasteiger partial charge in [0.15, 0.2) is 16.7 Å². The smallest absolute Gasteiger partial charge is 0.296 e. The van der Waals surface area contributed by atoms with Crippen LogP contribution < -0.4 is 4.90 Å². The van der Waals surface area contributed by atoms with Crippen LogP contribution in [0.25, 0.3) is 16.3 Å². The number of nitrogens with zero attached hydrogens (tertiary/aromatic N) is 2. The lowest BCUT2D eigenvalue weighted by Gasteiger charge is -2.24. The van der Waals surface area contributed by atoms with Crippen molar-refractivity contribution in [3.63, 3.8) is 0 Å². The van der Waals surface area contributed by atoms with Gasteiger partial charge in [0.2, 0.25) is 0 Å². The average Bonchev–Trinajstić information content (AvgIpc) is 3.37. The molecule has 1 N–H and O–H groups in total. The SMILES string of the molecule is Cc1cc(C)c2nc(N3C(=O)C(O)=C(C(=O)C=Cc4ccccc4)C3c3cccc(Br)c3)sc2c1. The number of aromatic nitrogens is 1. The molecule has 7 heteroatoms. The van der Waals surface area contributed by atoms with Crippen molar-refractivity contribution < 1.29 is 14.7 Å². The molecule has 1 aliphatic rings. The van der Waals surface area contributed by atoms with Crippen molar-refractivity contribution in [1.29, 1.82) is 0 Å². The lowest BCUT2D eigenvalue weighted by molar-refractivity contribution is -0.117. The Balaban J connectivity index is 1.63. The Hall–Kier alpha value is -3.55. The summed E-state index contributed by atoms with van der Waals surface area (Å²) >= 11 is 4.86. The third kappa shape index (κ3) is 4.33. The summed E-state index contributed by atoms with van der Waals surface area (Å²) in [7, 11) is 0. The first kappa shape index (κ1) is 23.2. The number of anilines is 1. The summed E-state index contributed by atoms with van der Waals surface area (Å²) in [5, 5.41) is 11.4. The van der Waals surface area contributed by atoms with Crippen molar-refractivity contribution in [3.05, 3.63) is 111 Å². The second-order valence-electron chi connectivity index (χ2n) is 8.43. The molecule has 0 saturated carbocycles.